The SMILES string of the molecule is CC1(C)C(OC2O[C@H](CO)[C@@H](O)[C@H](O)[C@H]2O)CCC2(C)C1CCC1(C)C2CCC2C(=O)C(CO)(C(=O)OCc3ccccc3)CCC21C. The van der Waals surface area contributed by atoms with Crippen LogP contribution in [0, 0.1) is 44.8 Å². The van der Waals surface area contributed by atoms with Crippen LogP contribution in [0.3, 0.4) is 0 Å². The third-order valence-corrected chi connectivity index (χ3v) is 14.7. The summed E-state index contributed by atoms with van der Waals surface area (Å²) >= 11 is 0. The largest absolute Gasteiger partial charge is 0.460 e. The molecule has 0 bridgehead atoms. The van der Waals surface area contributed by atoms with E-state index in [9.17, 15) is 35.1 Å². The fourth-order valence-corrected chi connectivity index (χ4v) is 11.6. The third-order valence-electron chi connectivity index (χ3n) is 14.7. The van der Waals surface area contributed by atoms with E-state index in [1.165, 1.54) is 0 Å². The van der Waals surface area contributed by atoms with Crippen molar-refractivity contribution in [1.82, 2.24) is 0 Å². The quantitative estimate of drug-likeness (QED) is 0.165. The predicted molar refractivity (Wildman–Crippen MR) is 175 cm³/mol. The first-order valence-corrected chi connectivity index (χ1v) is 17.9. The van der Waals surface area contributed by atoms with E-state index in [2.05, 4.69) is 34.6 Å². The molecular formula is C38H56O10. The van der Waals surface area contributed by atoms with Crippen molar-refractivity contribution >= 4 is 11.8 Å². The Kier molecular flexibility index (Phi) is 9.49. The van der Waals surface area contributed by atoms with Crippen LogP contribution >= 0.6 is 0 Å². The molecule has 0 amide bonds. The van der Waals surface area contributed by atoms with Crippen molar-refractivity contribution in [2.24, 2.45) is 44.8 Å². The van der Waals surface area contributed by atoms with E-state index in [1.807, 2.05) is 30.3 Å². The molecular weight excluding hydrogens is 616 g/mol. The van der Waals surface area contributed by atoms with Crippen molar-refractivity contribution < 1.29 is 49.3 Å². The standard InChI is InChI=1S/C38H56O10/c1-34(2)25-13-16-37(5)26(35(25,3)15-14-27(34)48-32-30(43)29(42)28(41)24(19-39)47-32)12-11-23-31(44)38(21-40,18-17-36(23,37)4)33(45)46-20-22-9-7-6-8-10-22/h6-10,23-30,32,39-43H,11-21H2,1-5H3/t23?,24-,25?,26?,27?,28-,29+,30-,32?,35?,36?,37?,38?/m1/s1. The van der Waals surface area contributed by atoms with E-state index >= 15 is 0 Å². The van der Waals surface area contributed by atoms with Crippen LogP contribution in [0.5, 0.6) is 0 Å². The average molecular weight is 673 g/mol. The normalized spacial score (nSPS) is 47.0. The van der Waals surface area contributed by atoms with Crippen LogP contribution in [0.4, 0.5) is 0 Å². The summed E-state index contributed by atoms with van der Waals surface area (Å²) < 4.78 is 17.8. The van der Waals surface area contributed by atoms with Gasteiger partial charge in [-0.25, -0.2) is 0 Å². The van der Waals surface area contributed by atoms with Gasteiger partial charge in [0.05, 0.1) is 19.3 Å². The van der Waals surface area contributed by atoms with Gasteiger partial charge in [0.2, 0.25) is 0 Å². The molecule has 1 aliphatic heterocycles. The lowest BCUT2D eigenvalue weighted by Crippen LogP contribution is -2.68. The molecule has 9 unspecified atom stereocenters. The van der Waals surface area contributed by atoms with Crippen LogP contribution in [0.2, 0.25) is 0 Å². The van der Waals surface area contributed by atoms with E-state index in [-0.39, 0.29) is 58.4 Å². The van der Waals surface area contributed by atoms with Gasteiger partial charge >= 0.3 is 5.97 Å². The number of fused-ring (bicyclic) bond motifs is 5. The van der Waals surface area contributed by atoms with Crippen molar-refractivity contribution in [2.45, 2.75) is 129 Å². The summed E-state index contributed by atoms with van der Waals surface area (Å²) in [5.41, 5.74) is -1.57. The molecule has 5 aliphatic rings. The number of benzene rings is 1. The Balaban J connectivity index is 1.20. The maximum atomic E-state index is 14.4. The van der Waals surface area contributed by atoms with Gasteiger partial charge in [-0.3, -0.25) is 9.59 Å². The molecule has 5 fully saturated rings. The molecule has 13 atom stereocenters. The van der Waals surface area contributed by atoms with Crippen LogP contribution in [-0.2, 0) is 30.4 Å². The molecule has 1 heterocycles. The molecule has 4 aliphatic carbocycles. The Morgan fingerprint density at radius 1 is 0.833 bits per heavy atom. The highest BCUT2D eigenvalue weighted by molar-refractivity contribution is 6.06. The molecule has 5 N–H and O–H groups in total. The number of aliphatic hydroxyl groups excluding tert-OH is 5. The number of ketones is 1. The number of carbonyl (C=O) groups is 2. The van der Waals surface area contributed by atoms with Gasteiger partial charge in [-0.05, 0) is 90.4 Å². The minimum atomic E-state index is -1.54. The highest BCUT2D eigenvalue weighted by atomic mass is 16.7. The minimum Gasteiger partial charge on any atom is -0.460 e. The lowest BCUT2D eigenvalue weighted by Gasteiger charge is -2.71. The third kappa shape index (κ3) is 5.23. The Morgan fingerprint density at radius 2 is 1.54 bits per heavy atom. The van der Waals surface area contributed by atoms with Gasteiger partial charge in [0.15, 0.2) is 12.1 Å². The van der Waals surface area contributed by atoms with Crippen LogP contribution in [0.15, 0.2) is 30.3 Å². The number of aliphatic hydroxyl groups is 5. The lowest BCUT2D eigenvalue weighted by molar-refractivity contribution is -0.331. The fourth-order valence-electron chi connectivity index (χ4n) is 11.6. The molecule has 0 radical (unpaired) electrons. The summed E-state index contributed by atoms with van der Waals surface area (Å²) in [5, 5.41) is 51.6. The minimum absolute atomic E-state index is 0.0527. The van der Waals surface area contributed by atoms with Crippen molar-refractivity contribution in [3.05, 3.63) is 35.9 Å². The van der Waals surface area contributed by atoms with Crippen LogP contribution < -0.4 is 0 Å². The molecule has 268 valence electrons. The number of carbonyl (C=O) groups excluding carboxylic acids is 2. The Bertz CT molecular complexity index is 1350. The van der Waals surface area contributed by atoms with Crippen LogP contribution in [0.25, 0.3) is 0 Å². The van der Waals surface area contributed by atoms with Gasteiger partial charge in [0.1, 0.15) is 36.4 Å². The maximum absolute atomic E-state index is 14.4. The monoisotopic (exact) mass is 672 g/mol. The number of Topliss-reactive ketones (excluding diaryl/α,β-unsaturated/α-hetero) is 1. The number of hydrogen-bond acceptors (Lipinski definition) is 10. The zero-order chi connectivity index (χ0) is 34.9. The molecule has 0 aromatic heterocycles. The second-order valence-electron chi connectivity index (χ2n) is 17.0. The topological polar surface area (TPSA) is 163 Å². The molecule has 4 saturated carbocycles. The Hall–Kier alpha value is -1.92. The first-order chi connectivity index (χ1) is 22.6. The average Bonchev–Trinajstić information content (AvgIpc) is 3.06. The molecule has 6 rings (SSSR count). The molecule has 1 aromatic rings. The number of rotatable bonds is 7. The Morgan fingerprint density at radius 3 is 2.21 bits per heavy atom. The molecule has 1 aromatic carbocycles. The van der Waals surface area contributed by atoms with E-state index in [0.717, 1.165) is 31.2 Å². The zero-order valence-electron chi connectivity index (χ0n) is 29.1. The summed E-state index contributed by atoms with van der Waals surface area (Å²) in [6, 6.07) is 9.37. The van der Waals surface area contributed by atoms with Crippen molar-refractivity contribution in [3.63, 3.8) is 0 Å². The number of esters is 1. The van der Waals surface area contributed by atoms with Crippen molar-refractivity contribution in [1.29, 1.82) is 0 Å². The van der Waals surface area contributed by atoms with Crippen LogP contribution in [-0.4, -0.2) is 87.3 Å². The molecule has 1 saturated heterocycles. The van der Waals surface area contributed by atoms with E-state index in [4.69, 9.17) is 14.2 Å². The molecule has 48 heavy (non-hydrogen) atoms. The fraction of sp³-hybridized carbons (Fsp3) is 0.789. The molecule has 10 heteroatoms. The van der Waals surface area contributed by atoms with Gasteiger partial charge in [0, 0.05) is 5.92 Å². The highest BCUT2D eigenvalue weighted by Gasteiger charge is 2.71. The highest BCUT2D eigenvalue weighted by Crippen LogP contribution is 2.74. The summed E-state index contributed by atoms with van der Waals surface area (Å²) in [6.45, 7) is 10.4. The van der Waals surface area contributed by atoms with Gasteiger partial charge < -0.3 is 39.7 Å². The number of hydrogen-bond donors (Lipinski definition) is 5. The van der Waals surface area contributed by atoms with E-state index in [0.29, 0.717) is 25.2 Å². The van der Waals surface area contributed by atoms with Crippen molar-refractivity contribution in [2.75, 3.05) is 13.2 Å². The Labute approximate surface area is 284 Å². The zero-order valence-corrected chi connectivity index (χ0v) is 29.1. The summed E-state index contributed by atoms with van der Waals surface area (Å²) in [7, 11) is 0. The van der Waals surface area contributed by atoms with Gasteiger partial charge in [-0.15, -0.1) is 0 Å². The maximum Gasteiger partial charge on any atom is 0.322 e. The van der Waals surface area contributed by atoms with Crippen molar-refractivity contribution in [3.8, 4) is 0 Å². The van der Waals surface area contributed by atoms with Gasteiger partial charge in [-0.2, -0.15) is 0 Å². The predicted octanol–water partition coefficient (Wildman–Crippen LogP) is 3.53. The molecule has 0 spiro atoms. The van der Waals surface area contributed by atoms with Crippen LogP contribution in [0.1, 0.15) is 91.5 Å². The lowest BCUT2D eigenvalue weighted by atomic mass is 9.33. The van der Waals surface area contributed by atoms with E-state index < -0.39 is 55.3 Å². The van der Waals surface area contributed by atoms with Gasteiger partial charge in [-0.1, -0.05) is 65.0 Å². The molecule has 10 nitrogen and oxygen atoms in total. The first-order valence-electron chi connectivity index (χ1n) is 17.9. The second-order valence-corrected chi connectivity index (χ2v) is 17.0. The van der Waals surface area contributed by atoms with Gasteiger partial charge in [0.25, 0.3) is 0 Å². The van der Waals surface area contributed by atoms with E-state index in [1.54, 1.807) is 0 Å². The summed E-state index contributed by atoms with van der Waals surface area (Å²) in [4.78, 5) is 28.0. The second kappa shape index (κ2) is 12.7. The summed E-state index contributed by atoms with van der Waals surface area (Å²) in [6.07, 6.45) is -0.971. The smallest absolute Gasteiger partial charge is 0.322 e. The first kappa shape index (κ1) is 35.9. The summed E-state index contributed by atoms with van der Waals surface area (Å²) in [5.74, 6) is -0.528. The number of ether oxygens (including phenoxy) is 3.